The molecule has 23 heavy (non-hydrogen) atoms. The summed E-state index contributed by atoms with van der Waals surface area (Å²) >= 11 is 17.9. The molecule has 0 aromatic heterocycles. The maximum absolute atomic E-state index is 12.6. The number of amides is 1. The van der Waals surface area contributed by atoms with E-state index < -0.39 is 17.6 Å². The summed E-state index contributed by atoms with van der Waals surface area (Å²) in [6, 6.07) is 9.54. The zero-order chi connectivity index (χ0) is 16.4. The van der Waals surface area contributed by atoms with E-state index in [4.69, 9.17) is 39.5 Å². The molecular formula is C16H8Cl3NO3. The maximum Gasteiger partial charge on any atom is 0.264 e. The number of fused-ring (bicyclic) bond motifs is 2. The fourth-order valence-electron chi connectivity index (χ4n) is 2.86. The lowest BCUT2D eigenvalue weighted by atomic mass is 9.92. The van der Waals surface area contributed by atoms with Gasteiger partial charge in [0, 0.05) is 21.2 Å². The van der Waals surface area contributed by atoms with E-state index in [1.165, 1.54) is 6.07 Å². The second kappa shape index (κ2) is 4.95. The van der Waals surface area contributed by atoms with Crippen LogP contribution >= 0.6 is 34.8 Å². The predicted octanol–water partition coefficient (Wildman–Crippen LogP) is 4.08. The summed E-state index contributed by atoms with van der Waals surface area (Å²) in [7, 11) is 0. The van der Waals surface area contributed by atoms with Crippen molar-refractivity contribution in [1.82, 2.24) is 0 Å². The van der Waals surface area contributed by atoms with Crippen LogP contribution in [0.2, 0.25) is 15.1 Å². The number of rotatable bonds is 2. The topological polar surface area (TPSA) is 58.7 Å². The third kappa shape index (κ3) is 2.10. The van der Waals surface area contributed by atoms with E-state index in [2.05, 4.69) is 5.32 Å². The minimum absolute atomic E-state index is 0.291. The second-order valence-electron chi connectivity index (χ2n) is 5.37. The largest absolute Gasteiger partial charge is 0.342 e. The van der Waals surface area contributed by atoms with Crippen molar-refractivity contribution >= 4 is 52.2 Å². The van der Waals surface area contributed by atoms with Gasteiger partial charge in [-0.25, -0.2) is 0 Å². The van der Waals surface area contributed by atoms with Gasteiger partial charge in [0.1, 0.15) is 0 Å². The summed E-state index contributed by atoms with van der Waals surface area (Å²) in [6.45, 7) is 0. The number of ether oxygens (including phenoxy) is 1. The number of epoxide rings is 1. The number of anilines is 1. The fraction of sp³-hybridized carbons (Fsp3) is 0.125. The number of nitrogens with one attached hydrogen (secondary N) is 1. The van der Waals surface area contributed by atoms with Crippen LogP contribution in [0.25, 0.3) is 0 Å². The minimum atomic E-state index is -1.35. The van der Waals surface area contributed by atoms with Crippen LogP contribution in [0.15, 0.2) is 36.4 Å². The molecule has 1 amide bonds. The van der Waals surface area contributed by atoms with Crippen molar-refractivity contribution in [1.29, 1.82) is 0 Å². The normalized spacial score (nSPS) is 24.5. The molecule has 116 valence electrons. The lowest BCUT2D eigenvalue weighted by molar-refractivity contribution is -0.120. The third-order valence-electron chi connectivity index (χ3n) is 4.01. The van der Waals surface area contributed by atoms with Crippen molar-refractivity contribution in [3.05, 3.63) is 62.6 Å². The van der Waals surface area contributed by atoms with Crippen LogP contribution in [-0.2, 0) is 15.1 Å². The van der Waals surface area contributed by atoms with Gasteiger partial charge in [-0.3, -0.25) is 9.59 Å². The second-order valence-corrected chi connectivity index (χ2v) is 6.65. The highest BCUT2D eigenvalue weighted by molar-refractivity contribution is 6.38. The van der Waals surface area contributed by atoms with Crippen molar-refractivity contribution < 1.29 is 14.3 Å². The van der Waals surface area contributed by atoms with E-state index in [0.717, 1.165) is 0 Å². The van der Waals surface area contributed by atoms with Crippen LogP contribution in [0.4, 0.5) is 5.69 Å². The Bertz CT molecular complexity index is 866. The van der Waals surface area contributed by atoms with Gasteiger partial charge < -0.3 is 10.1 Å². The van der Waals surface area contributed by atoms with Crippen LogP contribution in [0.1, 0.15) is 15.9 Å². The summed E-state index contributed by atoms with van der Waals surface area (Å²) in [5.74, 6) is -0.704. The molecule has 2 heterocycles. The Kier molecular flexibility index (Phi) is 3.22. The predicted molar refractivity (Wildman–Crippen MR) is 87.4 cm³/mol. The molecular weight excluding hydrogens is 361 g/mol. The molecule has 1 fully saturated rings. The van der Waals surface area contributed by atoms with Gasteiger partial charge in [-0.2, -0.15) is 0 Å². The van der Waals surface area contributed by atoms with Crippen molar-refractivity contribution in [3.63, 3.8) is 0 Å². The van der Waals surface area contributed by atoms with Crippen molar-refractivity contribution in [2.45, 2.75) is 11.7 Å². The number of carbonyl (C=O) groups is 2. The standard InChI is InChI=1S/C16H8Cl3NO3/c17-8-3-1-7(2-4-8)13(21)14-16(23-14)10-5-9(18)6-11(19)12(10)20-15(16)22/h1-6,14H,(H,20,22)/t14-,16+/m0/s1. The smallest absolute Gasteiger partial charge is 0.264 e. The molecule has 0 radical (unpaired) electrons. The average Bonchev–Trinajstić information content (AvgIpc) is 3.20. The molecule has 4 nitrogen and oxygen atoms in total. The van der Waals surface area contributed by atoms with Crippen LogP contribution in [0, 0.1) is 0 Å². The quantitative estimate of drug-likeness (QED) is 0.642. The summed E-state index contributed by atoms with van der Waals surface area (Å²) < 4.78 is 5.55. The Hall–Kier alpha value is -1.59. The molecule has 1 spiro atoms. The number of halogens is 3. The van der Waals surface area contributed by atoms with E-state index >= 15 is 0 Å². The van der Waals surface area contributed by atoms with E-state index in [1.807, 2.05) is 0 Å². The number of carbonyl (C=O) groups excluding carboxylic acids is 2. The Balaban J connectivity index is 1.74. The van der Waals surface area contributed by atoms with E-state index in [9.17, 15) is 9.59 Å². The molecule has 2 aliphatic rings. The first kappa shape index (κ1) is 15.0. The molecule has 7 heteroatoms. The Morgan fingerprint density at radius 2 is 1.78 bits per heavy atom. The Morgan fingerprint density at radius 1 is 1.09 bits per heavy atom. The molecule has 2 atom stereocenters. The minimum Gasteiger partial charge on any atom is -0.342 e. The van der Waals surface area contributed by atoms with Crippen molar-refractivity contribution in [3.8, 4) is 0 Å². The molecule has 0 saturated carbocycles. The highest BCUT2D eigenvalue weighted by Crippen LogP contribution is 2.56. The van der Waals surface area contributed by atoms with Gasteiger partial charge in [0.2, 0.25) is 5.60 Å². The third-order valence-corrected chi connectivity index (χ3v) is 4.78. The highest BCUT2D eigenvalue weighted by atomic mass is 35.5. The molecule has 1 saturated heterocycles. The molecule has 0 unspecified atom stereocenters. The number of Topliss-reactive ketones (excluding diaryl/α,β-unsaturated/α-hetero) is 1. The number of ketones is 1. The molecule has 1 N–H and O–H groups in total. The number of hydrogen-bond acceptors (Lipinski definition) is 3. The van der Waals surface area contributed by atoms with Gasteiger partial charge in [-0.1, -0.05) is 34.8 Å². The molecule has 2 aromatic rings. The van der Waals surface area contributed by atoms with E-state index in [-0.39, 0.29) is 5.78 Å². The Morgan fingerprint density at radius 3 is 2.48 bits per heavy atom. The monoisotopic (exact) mass is 367 g/mol. The van der Waals surface area contributed by atoms with Gasteiger partial charge in [0.15, 0.2) is 11.9 Å². The van der Waals surface area contributed by atoms with E-state index in [0.29, 0.717) is 31.9 Å². The van der Waals surface area contributed by atoms with E-state index in [1.54, 1.807) is 30.3 Å². The Labute approximate surface area is 146 Å². The first-order valence-corrected chi connectivity index (χ1v) is 7.85. The van der Waals surface area contributed by atoms with Crippen LogP contribution in [0.5, 0.6) is 0 Å². The summed E-state index contributed by atoms with van der Waals surface area (Å²) in [5.41, 5.74) is 0.00562. The lowest BCUT2D eigenvalue weighted by Crippen LogP contribution is -2.27. The van der Waals surface area contributed by atoms with Crippen molar-refractivity contribution in [2.75, 3.05) is 5.32 Å². The van der Waals surface area contributed by atoms with Crippen LogP contribution < -0.4 is 5.32 Å². The van der Waals surface area contributed by atoms with Gasteiger partial charge >= 0.3 is 0 Å². The summed E-state index contributed by atoms with van der Waals surface area (Å²) in [5, 5.41) is 3.87. The fourth-order valence-corrected chi connectivity index (χ4v) is 3.52. The van der Waals surface area contributed by atoms with Gasteiger partial charge in [0.05, 0.1) is 10.7 Å². The zero-order valence-electron chi connectivity index (χ0n) is 11.4. The lowest BCUT2D eigenvalue weighted by Gasteiger charge is -2.05. The molecule has 4 rings (SSSR count). The van der Waals surface area contributed by atoms with Crippen LogP contribution in [0.3, 0.4) is 0 Å². The highest BCUT2D eigenvalue weighted by Gasteiger charge is 2.70. The molecule has 0 bridgehead atoms. The average molecular weight is 369 g/mol. The van der Waals surface area contributed by atoms with Gasteiger partial charge in [-0.05, 0) is 36.4 Å². The van der Waals surface area contributed by atoms with Crippen LogP contribution in [-0.4, -0.2) is 17.8 Å². The zero-order valence-corrected chi connectivity index (χ0v) is 13.7. The maximum atomic E-state index is 12.6. The first-order valence-electron chi connectivity index (χ1n) is 6.72. The molecule has 2 aromatic carbocycles. The summed E-state index contributed by atoms with van der Waals surface area (Å²) in [6.07, 6.45) is -0.903. The number of benzene rings is 2. The molecule has 2 aliphatic heterocycles. The number of hydrogen-bond donors (Lipinski definition) is 1. The van der Waals surface area contributed by atoms with Gasteiger partial charge in [-0.15, -0.1) is 0 Å². The van der Waals surface area contributed by atoms with Gasteiger partial charge in [0.25, 0.3) is 5.91 Å². The molecule has 0 aliphatic carbocycles. The first-order chi connectivity index (χ1) is 10.9. The van der Waals surface area contributed by atoms with Crippen molar-refractivity contribution in [2.24, 2.45) is 0 Å². The summed E-state index contributed by atoms with van der Waals surface area (Å²) in [4.78, 5) is 25.0. The SMILES string of the molecule is O=C(c1ccc(Cl)cc1)[C@@H]1O[C@@]12C(=O)Nc1c(Cl)cc(Cl)cc12.